The molecule has 0 radical (unpaired) electrons. The van der Waals surface area contributed by atoms with Crippen molar-refractivity contribution in [3.63, 3.8) is 0 Å². The summed E-state index contributed by atoms with van der Waals surface area (Å²) in [6.07, 6.45) is 1.76. The van der Waals surface area contributed by atoms with Gasteiger partial charge in [-0.3, -0.25) is 4.98 Å². The molecule has 0 saturated carbocycles. The van der Waals surface area contributed by atoms with Crippen LogP contribution in [0.5, 0.6) is 0 Å². The maximum Gasteiger partial charge on any atom is 0.153 e. The molecule has 5 aromatic rings. The Bertz CT molecular complexity index is 1370. The van der Waals surface area contributed by atoms with E-state index < -0.39 is 0 Å². The Balaban J connectivity index is 1.48. The topological polar surface area (TPSA) is 68.5 Å². The molecular formula is C24H19FN6. The van der Waals surface area contributed by atoms with Crippen LogP contribution in [0.15, 0.2) is 72.9 Å². The van der Waals surface area contributed by atoms with Crippen molar-refractivity contribution in [3.05, 3.63) is 84.4 Å². The molecule has 1 N–H and O–H groups in total. The van der Waals surface area contributed by atoms with Crippen LogP contribution in [0, 0.1) is 12.7 Å². The molecule has 7 heteroatoms. The molecule has 0 unspecified atom stereocenters. The first kappa shape index (κ1) is 18.9. The lowest BCUT2D eigenvalue weighted by Crippen LogP contribution is -1.97. The van der Waals surface area contributed by atoms with Crippen LogP contribution in [0.3, 0.4) is 0 Å². The van der Waals surface area contributed by atoms with Crippen molar-refractivity contribution in [2.75, 3.05) is 5.32 Å². The number of aromatic nitrogens is 5. The minimum absolute atomic E-state index is 0.270. The lowest BCUT2D eigenvalue weighted by Gasteiger charge is -2.07. The number of rotatable bonds is 4. The summed E-state index contributed by atoms with van der Waals surface area (Å²) in [6.45, 7) is 1.95. The van der Waals surface area contributed by atoms with Crippen LogP contribution in [0.4, 0.5) is 15.9 Å². The lowest BCUT2D eigenvalue weighted by molar-refractivity contribution is 0.628. The molecule has 152 valence electrons. The Morgan fingerprint density at radius 3 is 2.48 bits per heavy atom. The van der Waals surface area contributed by atoms with Crippen LogP contribution in [0.2, 0.25) is 0 Å². The summed E-state index contributed by atoms with van der Waals surface area (Å²) in [5.74, 6) is 1.11. The molecule has 0 saturated heterocycles. The zero-order valence-corrected chi connectivity index (χ0v) is 17.0. The standard InChI is InChI=1S/C24H19FN6/c1-15-14-17(12-13-26-15)19-10-11-22(30-29-19)27-20-4-3-5-21-23(20)28-24(31(21)2)16-6-8-18(25)9-7-16/h3-14H,1-2H3,(H,27,30). The van der Waals surface area contributed by atoms with Crippen molar-refractivity contribution in [2.24, 2.45) is 7.05 Å². The number of anilines is 2. The third-order valence-corrected chi connectivity index (χ3v) is 5.13. The lowest BCUT2D eigenvalue weighted by atomic mass is 10.1. The number of nitrogens with zero attached hydrogens (tertiary/aromatic N) is 5. The molecule has 2 aromatic carbocycles. The van der Waals surface area contributed by atoms with Gasteiger partial charge in [0.2, 0.25) is 0 Å². The maximum atomic E-state index is 13.3. The summed E-state index contributed by atoms with van der Waals surface area (Å²) in [7, 11) is 1.95. The highest BCUT2D eigenvalue weighted by Crippen LogP contribution is 2.30. The van der Waals surface area contributed by atoms with Crippen LogP contribution < -0.4 is 5.32 Å². The van der Waals surface area contributed by atoms with Gasteiger partial charge in [0.1, 0.15) is 17.2 Å². The van der Waals surface area contributed by atoms with Crippen molar-refractivity contribution in [3.8, 4) is 22.6 Å². The van der Waals surface area contributed by atoms with Gasteiger partial charge in [-0.2, -0.15) is 0 Å². The molecule has 0 amide bonds. The second-order valence-electron chi connectivity index (χ2n) is 7.29. The van der Waals surface area contributed by atoms with E-state index >= 15 is 0 Å². The van der Waals surface area contributed by atoms with E-state index in [1.165, 1.54) is 12.1 Å². The first-order valence-corrected chi connectivity index (χ1v) is 9.84. The van der Waals surface area contributed by atoms with E-state index in [1.54, 1.807) is 18.3 Å². The van der Waals surface area contributed by atoms with E-state index in [0.717, 1.165) is 45.1 Å². The fourth-order valence-corrected chi connectivity index (χ4v) is 3.57. The van der Waals surface area contributed by atoms with Crippen molar-refractivity contribution < 1.29 is 4.39 Å². The smallest absolute Gasteiger partial charge is 0.153 e. The van der Waals surface area contributed by atoms with E-state index in [9.17, 15) is 4.39 Å². The summed E-state index contributed by atoms with van der Waals surface area (Å²) < 4.78 is 15.3. The Morgan fingerprint density at radius 1 is 0.903 bits per heavy atom. The quantitative estimate of drug-likeness (QED) is 0.436. The summed E-state index contributed by atoms with van der Waals surface area (Å²) in [5, 5.41) is 12.0. The number of nitrogens with one attached hydrogen (secondary N) is 1. The number of benzene rings is 2. The molecule has 31 heavy (non-hydrogen) atoms. The molecule has 3 aromatic heterocycles. The maximum absolute atomic E-state index is 13.3. The van der Waals surface area contributed by atoms with Crippen LogP contribution in [-0.4, -0.2) is 24.7 Å². The van der Waals surface area contributed by atoms with Crippen molar-refractivity contribution in [1.29, 1.82) is 0 Å². The van der Waals surface area contributed by atoms with Gasteiger partial charge in [0.05, 0.1) is 16.9 Å². The highest BCUT2D eigenvalue weighted by molar-refractivity contribution is 5.92. The van der Waals surface area contributed by atoms with E-state index in [4.69, 9.17) is 4.98 Å². The van der Waals surface area contributed by atoms with Crippen LogP contribution >= 0.6 is 0 Å². The molecule has 0 spiro atoms. The number of halogens is 1. The van der Waals surface area contributed by atoms with Crippen LogP contribution in [-0.2, 0) is 7.05 Å². The first-order chi connectivity index (χ1) is 15.1. The average molecular weight is 410 g/mol. The molecule has 3 heterocycles. The SMILES string of the molecule is Cc1cc(-c2ccc(Nc3cccc4c3nc(-c3ccc(F)cc3)n4C)nn2)ccn1. The summed E-state index contributed by atoms with van der Waals surface area (Å²) in [5.41, 5.74) is 6.13. The highest BCUT2D eigenvalue weighted by atomic mass is 19.1. The van der Waals surface area contributed by atoms with Crippen molar-refractivity contribution in [1.82, 2.24) is 24.7 Å². The van der Waals surface area contributed by atoms with Crippen LogP contribution in [0.1, 0.15) is 5.69 Å². The number of hydrogen-bond donors (Lipinski definition) is 1. The highest BCUT2D eigenvalue weighted by Gasteiger charge is 2.13. The van der Waals surface area contributed by atoms with Gasteiger partial charge in [0.25, 0.3) is 0 Å². The third-order valence-electron chi connectivity index (χ3n) is 5.13. The monoisotopic (exact) mass is 410 g/mol. The number of imidazole rings is 1. The van der Waals surface area contributed by atoms with Gasteiger partial charge in [0, 0.05) is 30.1 Å². The Morgan fingerprint density at radius 2 is 1.74 bits per heavy atom. The van der Waals surface area contributed by atoms with E-state index in [0.29, 0.717) is 5.82 Å². The molecule has 0 bridgehead atoms. The number of pyridine rings is 1. The number of para-hydroxylation sites is 1. The second kappa shape index (κ2) is 7.60. The largest absolute Gasteiger partial charge is 0.337 e. The third kappa shape index (κ3) is 3.61. The zero-order valence-electron chi connectivity index (χ0n) is 17.0. The van der Waals surface area contributed by atoms with Gasteiger partial charge in [-0.1, -0.05) is 6.07 Å². The fourth-order valence-electron chi connectivity index (χ4n) is 3.57. The first-order valence-electron chi connectivity index (χ1n) is 9.84. The van der Waals surface area contributed by atoms with E-state index in [1.807, 2.05) is 61.0 Å². The second-order valence-corrected chi connectivity index (χ2v) is 7.29. The van der Waals surface area contributed by atoms with Gasteiger partial charge >= 0.3 is 0 Å². The van der Waals surface area contributed by atoms with Crippen molar-refractivity contribution in [2.45, 2.75) is 6.92 Å². The Kier molecular flexibility index (Phi) is 4.63. The fraction of sp³-hybridized carbons (Fsp3) is 0.0833. The number of hydrogen-bond acceptors (Lipinski definition) is 5. The van der Waals surface area contributed by atoms with E-state index in [2.05, 4.69) is 20.5 Å². The minimum Gasteiger partial charge on any atom is -0.337 e. The molecule has 0 aliphatic rings. The van der Waals surface area contributed by atoms with Crippen molar-refractivity contribution >= 4 is 22.5 Å². The summed E-state index contributed by atoms with van der Waals surface area (Å²) >= 11 is 0. The molecule has 0 fully saturated rings. The normalized spacial score (nSPS) is 11.1. The zero-order chi connectivity index (χ0) is 21.4. The van der Waals surface area contributed by atoms with Crippen LogP contribution in [0.25, 0.3) is 33.7 Å². The molecular weight excluding hydrogens is 391 g/mol. The molecule has 0 aliphatic carbocycles. The molecule has 6 nitrogen and oxygen atoms in total. The van der Waals surface area contributed by atoms with Gasteiger partial charge < -0.3 is 9.88 Å². The van der Waals surface area contributed by atoms with Gasteiger partial charge in [-0.15, -0.1) is 10.2 Å². The summed E-state index contributed by atoms with van der Waals surface area (Å²) in [6, 6.07) is 20.0. The average Bonchev–Trinajstić information content (AvgIpc) is 3.12. The molecule has 5 rings (SSSR count). The minimum atomic E-state index is -0.270. The van der Waals surface area contributed by atoms with Gasteiger partial charge in [0.15, 0.2) is 5.82 Å². The molecule has 0 aliphatic heterocycles. The van der Waals surface area contributed by atoms with Gasteiger partial charge in [-0.05, 0) is 67.6 Å². The number of aryl methyl sites for hydroxylation is 2. The Labute approximate surface area is 178 Å². The summed E-state index contributed by atoms with van der Waals surface area (Å²) in [4.78, 5) is 9.02. The van der Waals surface area contributed by atoms with Gasteiger partial charge in [-0.25, -0.2) is 9.37 Å². The molecule has 0 atom stereocenters. The Hall–Kier alpha value is -4.13. The predicted octanol–water partition coefficient (Wildman–Crippen LogP) is 5.28. The number of fused-ring (bicyclic) bond motifs is 1. The van der Waals surface area contributed by atoms with E-state index in [-0.39, 0.29) is 5.82 Å². The predicted molar refractivity (Wildman–Crippen MR) is 119 cm³/mol.